The lowest BCUT2D eigenvalue weighted by Crippen LogP contribution is -2.37. The van der Waals surface area contributed by atoms with Crippen molar-refractivity contribution in [1.29, 1.82) is 0 Å². The lowest BCUT2D eigenvalue weighted by atomic mass is 9.96. The Morgan fingerprint density at radius 3 is 2.38 bits per heavy atom. The van der Waals surface area contributed by atoms with Crippen molar-refractivity contribution in [3.05, 3.63) is 56.4 Å². The molecule has 138 valence electrons. The maximum Gasteiger partial charge on any atom is 0.266 e. The summed E-state index contributed by atoms with van der Waals surface area (Å²) in [4.78, 5) is 25.9. The zero-order chi connectivity index (χ0) is 18.1. The maximum atomic E-state index is 12.1. The molecule has 7 nitrogen and oxygen atoms in total. The van der Waals surface area contributed by atoms with E-state index in [1.54, 1.807) is 29.9 Å². The first-order valence-electron chi connectivity index (χ1n) is 9.42. The van der Waals surface area contributed by atoms with Crippen LogP contribution in [0, 0.1) is 5.92 Å². The highest BCUT2D eigenvalue weighted by Gasteiger charge is 2.26. The van der Waals surface area contributed by atoms with Gasteiger partial charge in [-0.05, 0) is 56.8 Å². The quantitative estimate of drug-likeness (QED) is 0.804. The molecular weight excluding hydrogens is 330 g/mol. The van der Waals surface area contributed by atoms with E-state index >= 15 is 0 Å². The summed E-state index contributed by atoms with van der Waals surface area (Å²) in [5.74, 6) is 1.05. The molecule has 3 heterocycles. The average molecular weight is 355 g/mol. The third-order valence-electron chi connectivity index (χ3n) is 5.42. The third-order valence-corrected chi connectivity index (χ3v) is 5.42. The summed E-state index contributed by atoms with van der Waals surface area (Å²) in [6.07, 6.45) is 4.49. The van der Waals surface area contributed by atoms with Crippen molar-refractivity contribution in [3.8, 4) is 0 Å². The van der Waals surface area contributed by atoms with Gasteiger partial charge in [0.15, 0.2) is 0 Å². The van der Waals surface area contributed by atoms with E-state index in [-0.39, 0.29) is 11.1 Å². The molecule has 0 unspecified atom stereocenters. The van der Waals surface area contributed by atoms with Crippen molar-refractivity contribution in [3.63, 3.8) is 0 Å². The van der Waals surface area contributed by atoms with Crippen molar-refractivity contribution in [1.82, 2.24) is 24.5 Å². The molecule has 2 aromatic heterocycles. The normalized spacial score (nSPS) is 19.0. The highest BCUT2D eigenvalue weighted by molar-refractivity contribution is 5.12. The summed E-state index contributed by atoms with van der Waals surface area (Å²) in [6.45, 7) is 3.43. The van der Waals surface area contributed by atoms with Gasteiger partial charge < -0.3 is 0 Å². The van der Waals surface area contributed by atoms with Gasteiger partial charge in [0.1, 0.15) is 0 Å². The van der Waals surface area contributed by atoms with E-state index in [1.807, 2.05) is 6.07 Å². The van der Waals surface area contributed by atoms with Crippen LogP contribution in [0.5, 0.6) is 0 Å². The fourth-order valence-corrected chi connectivity index (χ4v) is 3.63. The minimum atomic E-state index is -0.0844. The summed E-state index contributed by atoms with van der Waals surface area (Å²) < 4.78 is 3.05. The van der Waals surface area contributed by atoms with Crippen LogP contribution in [0.3, 0.4) is 0 Å². The SMILES string of the molecule is Cn1nc(CN2CCC(Cn3nc(C4CC4)ccc3=O)CC2)ccc1=O. The molecule has 0 aromatic carbocycles. The van der Waals surface area contributed by atoms with Crippen LogP contribution in [0.4, 0.5) is 0 Å². The van der Waals surface area contributed by atoms with Gasteiger partial charge in [-0.25, -0.2) is 9.36 Å². The number of hydrogen-bond donors (Lipinski definition) is 0. The predicted octanol–water partition coefficient (Wildman–Crippen LogP) is 1.13. The first-order chi connectivity index (χ1) is 12.6. The van der Waals surface area contributed by atoms with Gasteiger partial charge in [-0.15, -0.1) is 0 Å². The Hall–Kier alpha value is -2.28. The highest BCUT2D eigenvalue weighted by Crippen LogP contribution is 2.38. The number of aromatic nitrogens is 4. The Bertz CT molecular complexity index is 891. The summed E-state index contributed by atoms with van der Waals surface area (Å²) >= 11 is 0. The minimum absolute atomic E-state index is 0.00577. The molecule has 2 aromatic rings. The smallest absolute Gasteiger partial charge is 0.266 e. The Morgan fingerprint density at radius 1 is 0.962 bits per heavy atom. The molecule has 1 saturated carbocycles. The van der Waals surface area contributed by atoms with Gasteiger partial charge >= 0.3 is 0 Å². The fourth-order valence-electron chi connectivity index (χ4n) is 3.63. The van der Waals surface area contributed by atoms with Crippen LogP contribution in [-0.4, -0.2) is 37.6 Å². The summed E-state index contributed by atoms with van der Waals surface area (Å²) in [5, 5.41) is 8.89. The molecule has 1 saturated heterocycles. The summed E-state index contributed by atoms with van der Waals surface area (Å²) in [5.41, 5.74) is 1.91. The minimum Gasteiger partial charge on any atom is -0.297 e. The first kappa shape index (κ1) is 17.1. The second-order valence-electron chi connectivity index (χ2n) is 7.56. The van der Waals surface area contributed by atoms with Crippen molar-refractivity contribution in [2.45, 2.75) is 44.7 Å². The van der Waals surface area contributed by atoms with Crippen LogP contribution >= 0.6 is 0 Å². The van der Waals surface area contributed by atoms with Crippen LogP contribution in [0.25, 0.3) is 0 Å². The van der Waals surface area contributed by atoms with Crippen molar-refractivity contribution < 1.29 is 0 Å². The maximum absolute atomic E-state index is 12.1. The van der Waals surface area contributed by atoms with Gasteiger partial charge in [0, 0.05) is 38.2 Å². The van der Waals surface area contributed by atoms with E-state index in [1.165, 1.54) is 17.5 Å². The average Bonchev–Trinajstić information content (AvgIpc) is 3.47. The van der Waals surface area contributed by atoms with E-state index < -0.39 is 0 Å². The molecule has 0 N–H and O–H groups in total. The van der Waals surface area contributed by atoms with Crippen molar-refractivity contribution in [2.75, 3.05) is 13.1 Å². The Balaban J connectivity index is 1.33. The van der Waals surface area contributed by atoms with Gasteiger partial charge in [-0.1, -0.05) is 0 Å². The summed E-state index contributed by atoms with van der Waals surface area (Å²) in [6, 6.07) is 6.93. The molecule has 1 aliphatic carbocycles. The Kier molecular flexibility index (Phi) is 4.72. The monoisotopic (exact) mass is 355 g/mol. The van der Waals surface area contributed by atoms with Crippen LogP contribution in [0.15, 0.2) is 33.9 Å². The molecule has 7 heteroatoms. The van der Waals surface area contributed by atoms with E-state index in [0.717, 1.165) is 43.9 Å². The number of piperidine rings is 1. The lowest BCUT2D eigenvalue weighted by molar-refractivity contribution is 0.161. The zero-order valence-corrected chi connectivity index (χ0v) is 15.2. The molecule has 0 spiro atoms. The van der Waals surface area contributed by atoms with E-state index in [2.05, 4.69) is 15.1 Å². The summed E-state index contributed by atoms with van der Waals surface area (Å²) in [7, 11) is 1.68. The standard InChI is InChI=1S/C19H25N5O2/c1-22-18(25)6-4-16(20-22)13-23-10-8-14(9-11-23)12-24-19(26)7-5-17(21-24)15-2-3-15/h4-7,14-15H,2-3,8-13H2,1H3. The van der Waals surface area contributed by atoms with Crippen LogP contribution in [0.1, 0.15) is 43.0 Å². The Morgan fingerprint density at radius 2 is 1.69 bits per heavy atom. The van der Waals surface area contributed by atoms with Crippen molar-refractivity contribution in [2.24, 2.45) is 13.0 Å². The van der Waals surface area contributed by atoms with Gasteiger partial charge in [0.2, 0.25) is 0 Å². The molecule has 26 heavy (non-hydrogen) atoms. The molecule has 1 aliphatic heterocycles. The molecule has 0 atom stereocenters. The van der Waals surface area contributed by atoms with Gasteiger partial charge in [0.25, 0.3) is 11.1 Å². The van der Waals surface area contributed by atoms with E-state index in [0.29, 0.717) is 18.4 Å². The topological polar surface area (TPSA) is 73.0 Å². The van der Waals surface area contributed by atoms with E-state index in [4.69, 9.17) is 0 Å². The second kappa shape index (κ2) is 7.15. The molecule has 0 bridgehead atoms. The molecule has 0 radical (unpaired) electrons. The number of aryl methyl sites for hydroxylation is 1. The highest BCUT2D eigenvalue weighted by atomic mass is 16.1. The van der Waals surface area contributed by atoms with Crippen LogP contribution in [-0.2, 0) is 20.1 Å². The van der Waals surface area contributed by atoms with Gasteiger partial charge in [-0.2, -0.15) is 10.2 Å². The lowest BCUT2D eigenvalue weighted by Gasteiger charge is -2.31. The molecule has 2 fully saturated rings. The molecular formula is C19H25N5O2. The van der Waals surface area contributed by atoms with Crippen LogP contribution < -0.4 is 11.1 Å². The largest absolute Gasteiger partial charge is 0.297 e. The molecule has 0 amide bonds. The Labute approximate surface area is 152 Å². The van der Waals surface area contributed by atoms with Crippen molar-refractivity contribution >= 4 is 0 Å². The second-order valence-corrected chi connectivity index (χ2v) is 7.56. The fraction of sp³-hybridized carbons (Fsp3) is 0.579. The van der Waals surface area contributed by atoms with Crippen LogP contribution in [0.2, 0.25) is 0 Å². The number of nitrogens with zero attached hydrogens (tertiary/aromatic N) is 5. The number of rotatable bonds is 5. The predicted molar refractivity (Wildman–Crippen MR) is 98.0 cm³/mol. The molecule has 4 rings (SSSR count). The molecule has 2 aliphatic rings. The first-order valence-corrected chi connectivity index (χ1v) is 9.42. The van der Waals surface area contributed by atoms with Gasteiger partial charge in [-0.3, -0.25) is 14.5 Å². The zero-order valence-electron chi connectivity index (χ0n) is 15.2. The van der Waals surface area contributed by atoms with Gasteiger partial charge in [0.05, 0.1) is 11.4 Å². The third kappa shape index (κ3) is 3.93. The number of hydrogen-bond acceptors (Lipinski definition) is 5. The van der Waals surface area contributed by atoms with E-state index in [9.17, 15) is 9.59 Å². The number of likely N-dealkylation sites (tertiary alicyclic amines) is 1.